The summed E-state index contributed by atoms with van der Waals surface area (Å²) in [6.07, 6.45) is 1.96. The van der Waals surface area contributed by atoms with Gasteiger partial charge in [0.15, 0.2) is 0 Å². The lowest BCUT2D eigenvalue weighted by Gasteiger charge is -2.15. The van der Waals surface area contributed by atoms with E-state index in [2.05, 4.69) is 0 Å². The van der Waals surface area contributed by atoms with Crippen molar-refractivity contribution in [3.05, 3.63) is 23.8 Å². The molecular weight excluding hydrogens is 230 g/mol. The van der Waals surface area contributed by atoms with Crippen LogP contribution < -0.4 is 15.2 Å². The molecular formula is C14H23NO3. The van der Waals surface area contributed by atoms with E-state index < -0.39 is 0 Å². The fraction of sp³-hybridized carbons (Fsp3) is 0.571. The Balaban J connectivity index is 2.60. The monoisotopic (exact) mass is 253 g/mol. The number of methoxy groups -OCH3 is 2. The normalized spacial score (nSPS) is 12.2. The predicted molar refractivity (Wildman–Crippen MR) is 72.2 cm³/mol. The maximum atomic E-state index is 5.92. The Morgan fingerprint density at radius 1 is 1.17 bits per heavy atom. The Hall–Kier alpha value is -1.26. The highest BCUT2D eigenvalue weighted by Crippen LogP contribution is 2.28. The van der Waals surface area contributed by atoms with Gasteiger partial charge in [-0.3, -0.25) is 0 Å². The molecule has 0 saturated heterocycles. The van der Waals surface area contributed by atoms with Crippen molar-refractivity contribution >= 4 is 0 Å². The van der Waals surface area contributed by atoms with Crippen molar-refractivity contribution in [1.29, 1.82) is 0 Å². The van der Waals surface area contributed by atoms with Crippen LogP contribution in [0.5, 0.6) is 11.5 Å². The molecule has 0 aliphatic carbocycles. The van der Waals surface area contributed by atoms with Crippen LogP contribution in [0, 0.1) is 0 Å². The summed E-state index contributed by atoms with van der Waals surface area (Å²) in [5.41, 5.74) is 6.92. The van der Waals surface area contributed by atoms with Gasteiger partial charge < -0.3 is 19.9 Å². The number of nitrogens with two attached hydrogens (primary N) is 1. The van der Waals surface area contributed by atoms with Gasteiger partial charge >= 0.3 is 0 Å². The van der Waals surface area contributed by atoms with Gasteiger partial charge in [0.05, 0.1) is 13.7 Å². The van der Waals surface area contributed by atoms with Crippen LogP contribution >= 0.6 is 0 Å². The van der Waals surface area contributed by atoms with Crippen molar-refractivity contribution in [3.8, 4) is 11.5 Å². The molecule has 18 heavy (non-hydrogen) atoms. The standard InChI is InChI=1S/C14H23NO3/c1-11(15)13-7-6-12(17-3)10-14(13)18-9-5-4-8-16-2/h6-7,10-11H,4-5,8-9,15H2,1-3H3. The summed E-state index contributed by atoms with van der Waals surface area (Å²) >= 11 is 0. The highest BCUT2D eigenvalue weighted by Gasteiger charge is 2.09. The Morgan fingerprint density at radius 3 is 2.50 bits per heavy atom. The van der Waals surface area contributed by atoms with E-state index in [-0.39, 0.29) is 6.04 Å². The van der Waals surface area contributed by atoms with Crippen molar-refractivity contribution in [2.24, 2.45) is 5.73 Å². The molecule has 0 amide bonds. The lowest BCUT2D eigenvalue weighted by atomic mass is 10.1. The van der Waals surface area contributed by atoms with Gasteiger partial charge in [0.25, 0.3) is 0 Å². The fourth-order valence-electron chi connectivity index (χ4n) is 1.67. The predicted octanol–water partition coefficient (Wildman–Crippen LogP) is 2.52. The lowest BCUT2D eigenvalue weighted by Crippen LogP contribution is -2.09. The molecule has 0 aliphatic heterocycles. The van der Waals surface area contributed by atoms with Gasteiger partial charge in [0.2, 0.25) is 0 Å². The summed E-state index contributed by atoms with van der Waals surface area (Å²) in [5.74, 6) is 1.59. The molecule has 102 valence electrons. The summed E-state index contributed by atoms with van der Waals surface area (Å²) in [4.78, 5) is 0. The van der Waals surface area contributed by atoms with Crippen LogP contribution in [0.4, 0.5) is 0 Å². The van der Waals surface area contributed by atoms with Crippen LogP contribution in [0.25, 0.3) is 0 Å². The first-order chi connectivity index (χ1) is 8.69. The van der Waals surface area contributed by atoms with Crippen LogP contribution in [0.15, 0.2) is 18.2 Å². The van der Waals surface area contributed by atoms with Crippen LogP contribution in [0.3, 0.4) is 0 Å². The first kappa shape index (κ1) is 14.8. The molecule has 0 saturated carbocycles. The number of benzene rings is 1. The van der Waals surface area contributed by atoms with Gasteiger partial charge in [-0.2, -0.15) is 0 Å². The Bertz CT molecular complexity index is 353. The summed E-state index contributed by atoms with van der Waals surface area (Å²) in [7, 11) is 3.35. The summed E-state index contributed by atoms with van der Waals surface area (Å²) in [5, 5.41) is 0. The lowest BCUT2D eigenvalue weighted by molar-refractivity contribution is 0.184. The maximum absolute atomic E-state index is 5.92. The van der Waals surface area contributed by atoms with Crippen molar-refractivity contribution in [1.82, 2.24) is 0 Å². The molecule has 4 heteroatoms. The first-order valence-electron chi connectivity index (χ1n) is 6.24. The van der Waals surface area contributed by atoms with E-state index in [1.165, 1.54) is 0 Å². The second-order valence-electron chi connectivity index (χ2n) is 4.24. The van der Waals surface area contributed by atoms with Crippen LogP contribution in [-0.2, 0) is 4.74 Å². The van der Waals surface area contributed by atoms with Gasteiger partial charge in [-0.1, -0.05) is 6.07 Å². The molecule has 1 aromatic rings. The fourth-order valence-corrected chi connectivity index (χ4v) is 1.67. The largest absolute Gasteiger partial charge is 0.497 e. The van der Waals surface area contributed by atoms with Gasteiger partial charge in [0, 0.05) is 31.4 Å². The molecule has 2 N–H and O–H groups in total. The van der Waals surface area contributed by atoms with E-state index in [1.807, 2.05) is 25.1 Å². The van der Waals surface area contributed by atoms with Gasteiger partial charge in [-0.25, -0.2) is 0 Å². The quantitative estimate of drug-likeness (QED) is 0.723. The molecule has 0 radical (unpaired) electrons. The van der Waals surface area contributed by atoms with E-state index in [9.17, 15) is 0 Å². The second-order valence-corrected chi connectivity index (χ2v) is 4.24. The Morgan fingerprint density at radius 2 is 1.89 bits per heavy atom. The SMILES string of the molecule is COCCCCOc1cc(OC)ccc1C(C)N. The molecule has 1 atom stereocenters. The average molecular weight is 253 g/mol. The van der Waals surface area contributed by atoms with Crippen molar-refractivity contribution in [3.63, 3.8) is 0 Å². The topological polar surface area (TPSA) is 53.7 Å². The minimum absolute atomic E-state index is 0.0510. The average Bonchev–Trinajstić information content (AvgIpc) is 2.38. The third-order valence-electron chi connectivity index (χ3n) is 2.71. The minimum atomic E-state index is -0.0510. The molecule has 1 rings (SSSR count). The van der Waals surface area contributed by atoms with E-state index in [1.54, 1.807) is 14.2 Å². The number of hydrogen-bond donors (Lipinski definition) is 1. The van der Waals surface area contributed by atoms with Crippen LogP contribution in [-0.4, -0.2) is 27.4 Å². The molecule has 0 fully saturated rings. The van der Waals surface area contributed by atoms with Gasteiger partial charge in [0.1, 0.15) is 11.5 Å². The molecule has 1 aromatic carbocycles. The zero-order chi connectivity index (χ0) is 13.4. The summed E-state index contributed by atoms with van der Waals surface area (Å²) in [6.45, 7) is 3.37. The van der Waals surface area contributed by atoms with Gasteiger partial charge in [-0.15, -0.1) is 0 Å². The molecule has 0 aromatic heterocycles. The van der Waals surface area contributed by atoms with Crippen molar-refractivity contribution in [2.45, 2.75) is 25.8 Å². The second kappa shape index (κ2) is 7.95. The number of hydrogen-bond acceptors (Lipinski definition) is 4. The summed E-state index contributed by atoms with van der Waals surface area (Å²) < 4.78 is 16.0. The van der Waals surface area contributed by atoms with E-state index >= 15 is 0 Å². The van der Waals surface area contributed by atoms with Crippen LogP contribution in [0.1, 0.15) is 31.4 Å². The zero-order valence-corrected chi connectivity index (χ0v) is 11.4. The third kappa shape index (κ3) is 4.55. The Kier molecular flexibility index (Phi) is 6.54. The van der Waals surface area contributed by atoms with E-state index in [0.717, 1.165) is 36.5 Å². The summed E-state index contributed by atoms with van der Waals surface area (Å²) in [6, 6.07) is 5.68. The smallest absolute Gasteiger partial charge is 0.127 e. The van der Waals surface area contributed by atoms with E-state index in [0.29, 0.717) is 6.61 Å². The minimum Gasteiger partial charge on any atom is -0.497 e. The van der Waals surface area contributed by atoms with E-state index in [4.69, 9.17) is 19.9 Å². The molecule has 4 nitrogen and oxygen atoms in total. The highest BCUT2D eigenvalue weighted by molar-refractivity contribution is 5.42. The maximum Gasteiger partial charge on any atom is 0.127 e. The first-order valence-corrected chi connectivity index (χ1v) is 6.24. The molecule has 0 heterocycles. The number of rotatable bonds is 8. The van der Waals surface area contributed by atoms with Crippen LogP contribution in [0.2, 0.25) is 0 Å². The zero-order valence-electron chi connectivity index (χ0n) is 11.4. The van der Waals surface area contributed by atoms with Crippen molar-refractivity contribution in [2.75, 3.05) is 27.4 Å². The van der Waals surface area contributed by atoms with Crippen molar-refractivity contribution < 1.29 is 14.2 Å². The molecule has 0 spiro atoms. The number of unbranched alkanes of at least 4 members (excludes halogenated alkanes) is 1. The highest BCUT2D eigenvalue weighted by atomic mass is 16.5. The van der Waals surface area contributed by atoms with Gasteiger partial charge in [-0.05, 0) is 25.8 Å². The molecule has 0 bridgehead atoms. The number of ether oxygens (including phenoxy) is 3. The molecule has 0 aliphatic rings. The Labute approximate surface area is 109 Å². The molecule has 1 unspecified atom stereocenters. The third-order valence-corrected chi connectivity index (χ3v) is 2.71.